The summed E-state index contributed by atoms with van der Waals surface area (Å²) in [5.41, 5.74) is 6.67. The molecule has 0 aliphatic heterocycles. The van der Waals surface area contributed by atoms with Crippen molar-refractivity contribution in [3.05, 3.63) is 52.7 Å². The van der Waals surface area contributed by atoms with Gasteiger partial charge in [0.1, 0.15) is 5.69 Å². The fourth-order valence-electron chi connectivity index (χ4n) is 3.36. The lowest BCUT2D eigenvalue weighted by atomic mass is 9.90. The fraction of sp³-hybridized carbons (Fsp3) is 0.455. The molecule has 2 atom stereocenters. The molecule has 0 spiro atoms. The van der Waals surface area contributed by atoms with Crippen molar-refractivity contribution in [2.24, 2.45) is 5.73 Å². The van der Waals surface area contributed by atoms with Gasteiger partial charge in [-0.3, -0.25) is 9.00 Å². The minimum Gasteiger partial charge on any atom is -0.755 e. The molecule has 0 saturated heterocycles. The molecule has 0 radical (unpaired) electrons. The molecule has 2 N–H and O–H groups in total. The van der Waals surface area contributed by atoms with Crippen LogP contribution in [0.5, 0.6) is 5.88 Å². The van der Waals surface area contributed by atoms with Crippen molar-refractivity contribution in [2.75, 3.05) is 18.0 Å². The van der Waals surface area contributed by atoms with Crippen LogP contribution in [0.4, 0.5) is 18.9 Å². The minimum absolute atomic E-state index is 0.104. The first-order valence-electron chi connectivity index (χ1n) is 10.4. The van der Waals surface area contributed by atoms with Gasteiger partial charge in [0.15, 0.2) is 0 Å². The smallest absolute Gasteiger partial charge is 0.433 e. The molecule has 1 aromatic carbocycles. The highest BCUT2D eigenvalue weighted by Crippen LogP contribution is 2.32. The maximum Gasteiger partial charge on any atom is 0.433 e. The summed E-state index contributed by atoms with van der Waals surface area (Å²) in [5.74, 6) is -1.43. The molecule has 1 amide bonds. The first-order valence-corrected chi connectivity index (χ1v) is 11.4. The number of benzene rings is 1. The Morgan fingerprint density at radius 1 is 1.30 bits per heavy atom. The molecule has 0 aliphatic carbocycles. The predicted octanol–water partition coefficient (Wildman–Crippen LogP) is 4.02. The normalized spacial score (nSPS) is 13.4. The lowest BCUT2D eigenvalue weighted by molar-refractivity contribution is -0.141. The van der Waals surface area contributed by atoms with Gasteiger partial charge >= 0.3 is 6.18 Å². The number of hydrogen-bond donors (Lipinski definition) is 1. The van der Waals surface area contributed by atoms with E-state index in [1.54, 1.807) is 25.1 Å². The van der Waals surface area contributed by atoms with Gasteiger partial charge < -0.3 is 19.3 Å². The first kappa shape index (κ1) is 26.6. The number of nitrogens with zero attached hydrogens (tertiary/aromatic N) is 2. The summed E-state index contributed by atoms with van der Waals surface area (Å²) < 4.78 is 68.2. The standard InChI is InChI=1S/C22H28F3N3O4S/c1-4-5-12-32-21-15(8-11-19(27-21)22(23,24)25)6-9-17(20(26)29)16-7-10-18(14(2)13-16)28(3)33(30)31/h7-8,10-11,13,17H,4-6,9,12H2,1-3H3,(H2,26,29)(H,30,31)/p-1. The van der Waals surface area contributed by atoms with Crippen molar-refractivity contribution in [2.45, 2.75) is 51.6 Å². The Morgan fingerprint density at radius 2 is 2.00 bits per heavy atom. The van der Waals surface area contributed by atoms with Crippen molar-refractivity contribution in [3.63, 3.8) is 0 Å². The number of unbranched alkanes of at least 4 members (excludes halogenated alkanes) is 1. The average molecular weight is 487 g/mol. The van der Waals surface area contributed by atoms with Crippen molar-refractivity contribution in [3.8, 4) is 5.88 Å². The monoisotopic (exact) mass is 486 g/mol. The van der Waals surface area contributed by atoms with E-state index in [4.69, 9.17) is 10.5 Å². The van der Waals surface area contributed by atoms with Gasteiger partial charge in [-0.25, -0.2) is 4.98 Å². The van der Waals surface area contributed by atoms with Gasteiger partial charge in [0.05, 0.1) is 18.2 Å². The number of ether oxygens (including phenoxy) is 1. The summed E-state index contributed by atoms with van der Waals surface area (Å²) >= 11 is -2.45. The molecule has 2 aromatic rings. The number of amides is 1. The van der Waals surface area contributed by atoms with E-state index in [2.05, 4.69) is 4.98 Å². The summed E-state index contributed by atoms with van der Waals surface area (Å²) in [4.78, 5) is 15.8. The Hall–Kier alpha value is -2.66. The summed E-state index contributed by atoms with van der Waals surface area (Å²) in [6.07, 6.45) is -2.70. The molecule has 0 fully saturated rings. The van der Waals surface area contributed by atoms with Gasteiger partial charge in [-0.2, -0.15) is 13.2 Å². The number of halogens is 3. The average Bonchev–Trinajstić information content (AvgIpc) is 2.73. The molecule has 1 heterocycles. The second-order valence-electron chi connectivity index (χ2n) is 7.61. The van der Waals surface area contributed by atoms with E-state index in [-0.39, 0.29) is 25.3 Å². The Morgan fingerprint density at radius 3 is 2.55 bits per heavy atom. The van der Waals surface area contributed by atoms with E-state index in [1.165, 1.54) is 13.1 Å². The Bertz CT molecular complexity index is 1000. The topological polar surface area (TPSA) is 109 Å². The number of aromatic nitrogens is 1. The number of alkyl halides is 3. The lowest BCUT2D eigenvalue weighted by Gasteiger charge is -2.24. The zero-order valence-corrected chi connectivity index (χ0v) is 19.5. The third kappa shape index (κ3) is 7.16. The number of hydrogen-bond acceptors (Lipinski definition) is 5. The van der Waals surface area contributed by atoms with Crippen LogP contribution in [0.2, 0.25) is 0 Å². The van der Waals surface area contributed by atoms with Crippen LogP contribution in [0, 0.1) is 6.92 Å². The highest BCUT2D eigenvalue weighted by atomic mass is 32.2. The number of primary amides is 1. The van der Waals surface area contributed by atoms with Crippen LogP contribution in [0.25, 0.3) is 0 Å². The molecular formula is C22H27F3N3O4S-. The number of carbonyl (C=O) groups is 1. The van der Waals surface area contributed by atoms with Gasteiger partial charge in [-0.15, -0.1) is 0 Å². The Kier molecular flexibility index (Phi) is 9.24. The van der Waals surface area contributed by atoms with Crippen molar-refractivity contribution in [1.82, 2.24) is 4.98 Å². The zero-order valence-electron chi connectivity index (χ0n) is 18.6. The van der Waals surface area contributed by atoms with E-state index in [9.17, 15) is 26.7 Å². The number of anilines is 1. The number of nitrogens with two attached hydrogens (primary N) is 1. The van der Waals surface area contributed by atoms with Gasteiger partial charge in [0.25, 0.3) is 0 Å². The maximum atomic E-state index is 13.1. The summed E-state index contributed by atoms with van der Waals surface area (Å²) in [5, 5.41) is 0. The highest BCUT2D eigenvalue weighted by molar-refractivity contribution is 7.80. The van der Waals surface area contributed by atoms with Crippen LogP contribution >= 0.6 is 0 Å². The third-order valence-corrected chi connectivity index (χ3v) is 5.84. The Labute approximate surface area is 193 Å². The molecule has 0 saturated carbocycles. The molecule has 0 aliphatic rings. The molecular weight excluding hydrogens is 459 g/mol. The van der Waals surface area contributed by atoms with E-state index in [0.717, 1.165) is 16.8 Å². The molecule has 7 nitrogen and oxygen atoms in total. The van der Waals surface area contributed by atoms with Crippen molar-refractivity contribution >= 4 is 22.9 Å². The number of rotatable bonds is 11. The molecule has 2 unspecified atom stereocenters. The predicted molar refractivity (Wildman–Crippen MR) is 118 cm³/mol. The molecule has 2 rings (SSSR count). The Balaban J connectivity index is 2.28. The lowest BCUT2D eigenvalue weighted by Crippen LogP contribution is -2.23. The molecule has 1 aromatic heterocycles. The second kappa shape index (κ2) is 11.5. The van der Waals surface area contributed by atoms with E-state index < -0.39 is 35.0 Å². The molecule has 11 heteroatoms. The first-order chi connectivity index (χ1) is 15.5. The zero-order chi connectivity index (χ0) is 24.8. The quantitative estimate of drug-likeness (QED) is 0.381. The van der Waals surface area contributed by atoms with Crippen LogP contribution in [0.15, 0.2) is 30.3 Å². The van der Waals surface area contributed by atoms with Crippen LogP contribution in [-0.4, -0.2) is 33.3 Å². The van der Waals surface area contributed by atoms with Crippen LogP contribution in [0.3, 0.4) is 0 Å². The highest BCUT2D eigenvalue weighted by Gasteiger charge is 2.33. The number of pyridine rings is 1. The van der Waals surface area contributed by atoms with E-state index >= 15 is 0 Å². The van der Waals surface area contributed by atoms with Gasteiger partial charge in [-0.05, 0) is 49.4 Å². The largest absolute Gasteiger partial charge is 0.755 e. The van der Waals surface area contributed by atoms with E-state index in [1.807, 2.05) is 6.92 Å². The maximum absolute atomic E-state index is 13.1. The SMILES string of the molecule is CCCCOc1nc(C(F)(F)F)ccc1CCC(C(N)=O)c1ccc(N(C)S(=O)[O-])c(C)c1. The fourth-order valence-corrected chi connectivity index (χ4v) is 3.72. The molecule has 0 bridgehead atoms. The summed E-state index contributed by atoms with van der Waals surface area (Å²) in [6, 6.07) is 7.07. The van der Waals surface area contributed by atoms with E-state index in [0.29, 0.717) is 28.8 Å². The van der Waals surface area contributed by atoms with Gasteiger partial charge in [-0.1, -0.05) is 31.5 Å². The summed E-state index contributed by atoms with van der Waals surface area (Å²) in [7, 11) is 1.40. The van der Waals surface area contributed by atoms with Gasteiger partial charge in [0.2, 0.25) is 11.8 Å². The van der Waals surface area contributed by atoms with Crippen LogP contribution in [-0.2, 0) is 28.7 Å². The third-order valence-electron chi connectivity index (χ3n) is 5.20. The van der Waals surface area contributed by atoms with Crippen molar-refractivity contribution < 1.29 is 31.5 Å². The minimum atomic E-state index is -4.60. The summed E-state index contributed by atoms with van der Waals surface area (Å²) in [6.45, 7) is 3.87. The second-order valence-corrected chi connectivity index (χ2v) is 8.60. The van der Waals surface area contributed by atoms with Crippen molar-refractivity contribution in [1.29, 1.82) is 0 Å². The molecule has 33 heavy (non-hydrogen) atoms. The number of carbonyl (C=O) groups excluding carboxylic acids is 1. The molecule has 182 valence electrons. The van der Waals surface area contributed by atoms with Crippen LogP contribution in [0.1, 0.15) is 54.5 Å². The van der Waals surface area contributed by atoms with Gasteiger partial charge in [0, 0.05) is 23.9 Å². The number of aryl methyl sites for hydroxylation is 2. The van der Waals surface area contributed by atoms with Crippen LogP contribution < -0.4 is 14.8 Å².